The number of methoxy groups -OCH3 is 1. The number of carbonyl (C=O) groups excluding carboxylic acids is 1. The van der Waals surface area contributed by atoms with E-state index in [0.29, 0.717) is 19.8 Å². The molecule has 0 unspecified atom stereocenters. The molecular weight excluding hydrogens is 264 g/mol. The minimum Gasteiger partial charge on any atom is -0.496 e. The summed E-state index contributed by atoms with van der Waals surface area (Å²) in [5.74, 6) is -0.325. The number of nitro groups is 1. The van der Waals surface area contributed by atoms with Crippen LogP contribution in [-0.2, 0) is 4.74 Å². The molecule has 1 aliphatic rings. The van der Waals surface area contributed by atoms with Gasteiger partial charge in [-0.2, -0.15) is 0 Å². The Balaban J connectivity index is 2.21. The lowest BCUT2D eigenvalue weighted by Crippen LogP contribution is -2.48. The Hall–Kier alpha value is -2.15. The zero-order valence-electron chi connectivity index (χ0n) is 11.3. The fourth-order valence-electron chi connectivity index (χ4n) is 2.00. The van der Waals surface area contributed by atoms with Crippen LogP contribution in [0.2, 0.25) is 0 Å². The molecule has 0 bridgehead atoms. The number of nitrogens with zero attached hydrogens (tertiary/aromatic N) is 1. The molecule has 1 amide bonds. The molecule has 0 radical (unpaired) electrons. The Morgan fingerprint density at radius 3 is 2.75 bits per heavy atom. The summed E-state index contributed by atoms with van der Waals surface area (Å²) in [4.78, 5) is 22.6. The van der Waals surface area contributed by atoms with Crippen LogP contribution in [0.1, 0.15) is 17.3 Å². The highest BCUT2D eigenvalue weighted by Crippen LogP contribution is 2.29. The van der Waals surface area contributed by atoms with Crippen LogP contribution in [-0.4, -0.2) is 37.7 Å². The molecular formula is C13H16N2O5. The third kappa shape index (κ3) is 2.72. The summed E-state index contributed by atoms with van der Waals surface area (Å²) in [6.45, 7) is 3.52. The Morgan fingerprint density at radius 1 is 1.55 bits per heavy atom. The van der Waals surface area contributed by atoms with Crippen molar-refractivity contribution in [1.29, 1.82) is 0 Å². The summed E-state index contributed by atoms with van der Waals surface area (Å²) in [6.07, 6.45) is 0. The number of hydrogen-bond acceptors (Lipinski definition) is 5. The number of carbonyl (C=O) groups is 1. The van der Waals surface area contributed by atoms with E-state index in [4.69, 9.17) is 9.47 Å². The fourth-order valence-corrected chi connectivity index (χ4v) is 2.00. The van der Waals surface area contributed by atoms with Gasteiger partial charge in [0.1, 0.15) is 5.75 Å². The van der Waals surface area contributed by atoms with Crippen molar-refractivity contribution in [3.8, 4) is 5.75 Å². The zero-order chi connectivity index (χ0) is 14.8. The fraction of sp³-hybridized carbons (Fsp3) is 0.462. The monoisotopic (exact) mass is 280 g/mol. The molecule has 7 heteroatoms. The number of hydrogen-bond donors (Lipinski definition) is 1. The topological polar surface area (TPSA) is 90.7 Å². The first-order valence-corrected chi connectivity index (χ1v) is 6.14. The Kier molecular flexibility index (Phi) is 3.89. The van der Waals surface area contributed by atoms with E-state index in [1.165, 1.54) is 25.3 Å². The first kappa shape index (κ1) is 14.3. The molecule has 0 saturated carbocycles. The number of amides is 1. The van der Waals surface area contributed by atoms with E-state index >= 15 is 0 Å². The molecule has 1 aliphatic heterocycles. The lowest BCUT2D eigenvalue weighted by Gasteiger charge is -2.38. The van der Waals surface area contributed by atoms with E-state index in [9.17, 15) is 14.9 Å². The molecule has 2 rings (SSSR count). The summed E-state index contributed by atoms with van der Waals surface area (Å²) >= 11 is 0. The molecule has 1 aromatic carbocycles. The van der Waals surface area contributed by atoms with Crippen LogP contribution in [0.3, 0.4) is 0 Å². The summed E-state index contributed by atoms with van der Waals surface area (Å²) in [7, 11) is 1.37. The van der Waals surface area contributed by atoms with Gasteiger partial charge in [0.15, 0.2) is 5.56 Å². The van der Waals surface area contributed by atoms with E-state index in [1.54, 1.807) is 0 Å². The van der Waals surface area contributed by atoms with Crippen molar-refractivity contribution in [1.82, 2.24) is 5.32 Å². The van der Waals surface area contributed by atoms with Gasteiger partial charge in [0, 0.05) is 18.0 Å². The minimum absolute atomic E-state index is 0.0520. The highest BCUT2D eigenvalue weighted by atomic mass is 16.6. The third-order valence-electron chi connectivity index (χ3n) is 3.22. The molecule has 0 aliphatic carbocycles. The maximum atomic E-state index is 12.2. The Labute approximate surface area is 116 Å². The molecule has 20 heavy (non-hydrogen) atoms. The number of nitrogens with one attached hydrogen (secondary N) is 1. The number of ether oxygens (including phenoxy) is 2. The zero-order valence-corrected chi connectivity index (χ0v) is 11.3. The number of benzene rings is 1. The summed E-state index contributed by atoms with van der Waals surface area (Å²) in [6, 6.07) is 4.29. The molecule has 1 N–H and O–H groups in total. The molecule has 7 nitrogen and oxygen atoms in total. The lowest BCUT2D eigenvalue weighted by atomic mass is 9.88. The van der Waals surface area contributed by atoms with Crippen LogP contribution in [0.15, 0.2) is 18.2 Å². The number of nitro benzene ring substituents is 1. The average molecular weight is 280 g/mol. The molecule has 1 fully saturated rings. The van der Waals surface area contributed by atoms with Gasteiger partial charge in [0.05, 0.1) is 25.2 Å². The van der Waals surface area contributed by atoms with Crippen molar-refractivity contribution < 1.29 is 19.2 Å². The molecule has 1 heterocycles. The summed E-state index contributed by atoms with van der Waals surface area (Å²) in [5, 5.41) is 13.7. The van der Waals surface area contributed by atoms with Crippen molar-refractivity contribution in [2.24, 2.45) is 5.41 Å². The predicted molar refractivity (Wildman–Crippen MR) is 70.9 cm³/mol. The minimum atomic E-state index is -0.592. The average Bonchev–Trinajstić information content (AvgIpc) is 2.41. The predicted octanol–water partition coefficient (Wildman–Crippen LogP) is 1.37. The molecule has 0 spiro atoms. The summed E-state index contributed by atoms with van der Waals surface area (Å²) in [5.41, 5.74) is -0.423. The normalized spacial score (nSPS) is 16.1. The van der Waals surface area contributed by atoms with Crippen molar-refractivity contribution in [2.45, 2.75) is 6.92 Å². The van der Waals surface area contributed by atoms with Crippen molar-refractivity contribution in [3.05, 3.63) is 33.9 Å². The maximum absolute atomic E-state index is 12.2. The van der Waals surface area contributed by atoms with Crippen molar-refractivity contribution in [2.75, 3.05) is 26.9 Å². The van der Waals surface area contributed by atoms with Gasteiger partial charge in [-0.3, -0.25) is 14.9 Å². The smallest absolute Gasteiger partial charge is 0.285 e. The third-order valence-corrected chi connectivity index (χ3v) is 3.22. The van der Waals surface area contributed by atoms with E-state index in [1.807, 2.05) is 6.92 Å². The van der Waals surface area contributed by atoms with Crippen LogP contribution in [0.4, 0.5) is 5.69 Å². The van der Waals surface area contributed by atoms with Gasteiger partial charge in [-0.05, 0) is 6.07 Å². The Morgan fingerprint density at radius 2 is 2.25 bits per heavy atom. The molecule has 0 atom stereocenters. The first-order valence-electron chi connectivity index (χ1n) is 6.14. The van der Waals surface area contributed by atoms with Gasteiger partial charge < -0.3 is 14.8 Å². The van der Waals surface area contributed by atoms with Crippen LogP contribution < -0.4 is 10.1 Å². The van der Waals surface area contributed by atoms with Crippen molar-refractivity contribution >= 4 is 11.6 Å². The van der Waals surface area contributed by atoms with Gasteiger partial charge in [-0.25, -0.2) is 0 Å². The van der Waals surface area contributed by atoms with Crippen LogP contribution >= 0.6 is 0 Å². The second-order valence-corrected chi connectivity index (χ2v) is 5.10. The highest BCUT2D eigenvalue weighted by Gasteiger charge is 2.34. The SMILES string of the molecule is COc1cccc([N+](=O)[O-])c1C(=O)NCC1(C)COC1. The largest absolute Gasteiger partial charge is 0.496 e. The molecule has 0 aromatic heterocycles. The number of rotatable bonds is 5. The van der Waals surface area contributed by atoms with Crippen molar-refractivity contribution in [3.63, 3.8) is 0 Å². The van der Waals surface area contributed by atoms with Gasteiger partial charge in [-0.1, -0.05) is 13.0 Å². The van der Waals surface area contributed by atoms with Gasteiger partial charge >= 0.3 is 0 Å². The van der Waals surface area contributed by atoms with Gasteiger partial charge in [0.2, 0.25) is 0 Å². The van der Waals surface area contributed by atoms with Crippen LogP contribution in [0.5, 0.6) is 5.75 Å². The van der Waals surface area contributed by atoms with E-state index < -0.39 is 10.8 Å². The van der Waals surface area contributed by atoms with E-state index in [0.717, 1.165) is 0 Å². The van der Waals surface area contributed by atoms with E-state index in [2.05, 4.69) is 5.32 Å². The molecule has 1 saturated heterocycles. The highest BCUT2D eigenvalue weighted by molar-refractivity contribution is 6.00. The standard InChI is InChI=1S/C13H16N2O5/c1-13(7-20-8-13)6-14-12(16)11-9(15(17)18)4-3-5-10(11)19-2/h3-5H,6-8H2,1-2H3,(H,14,16). The molecule has 108 valence electrons. The quantitative estimate of drug-likeness (QED) is 0.649. The van der Waals surface area contributed by atoms with Crippen LogP contribution in [0, 0.1) is 15.5 Å². The maximum Gasteiger partial charge on any atom is 0.285 e. The second kappa shape index (κ2) is 5.46. The second-order valence-electron chi connectivity index (χ2n) is 5.10. The first-order chi connectivity index (χ1) is 9.47. The van der Waals surface area contributed by atoms with E-state index in [-0.39, 0.29) is 22.4 Å². The molecule has 1 aromatic rings. The summed E-state index contributed by atoms with van der Waals surface area (Å²) < 4.78 is 10.1. The lowest BCUT2D eigenvalue weighted by molar-refractivity contribution is -0.385. The van der Waals surface area contributed by atoms with Crippen LogP contribution in [0.25, 0.3) is 0 Å². The van der Waals surface area contributed by atoms with Gasteiger partial charge in [0.25, 0.3) is 11.6 Å². The van der Waals surface area contributed by atoms with Gasteiger partial charge in [-0.15, -0.1) is 0 Å². The Bertz CT molecular complexity index is 540.